The first kappa shape index (κ1) is 10.0. The number of hydrogen-bond donors (Lipinski definition) is 1. The van der Waals surface area contributed by atoms with Gasteiger partial charge in [-0.1, -0.05) is 18.2 Å². The molecule has 0 unspecified atom stereocenters. The summed E-state index contributed by atoms with van der Waals surface area (Å²) in [6, 6.07) is 7.35. The Hall–Kier alpha value is -1.51. The summed E-state index contributed by atoms with van der Waals surface area (Å²) in [5.74, 6) is -0.537. The van der Waals surface area contributed by atoms with Crippen LogP contribution < -0.4 is 4.74 Å². The minimum absolute atomic E-state index is 0.405. The van der Waals surface area contributed by atoms with Gasteiger partial charge in [-0.2, -0.15) is 0 Å². The van der Waals surface area contributed by atoms with Crippen molar-refractivity contribution in [1.82, 2.24) is 0 Å². The van der Waals surface area contributed by atoms with E-state index in [4.69, 9.17) is 9.84 Å². The molecule has 1 aromatic rings. The van der Waals surface area contributed by atoms with Crippen molar-refractivity contribution in [3.05, 3.63) is 29.8 Å². The molecule has 0 radical (unpaired) electrons. The average molecular weight is 206 g/mol. The van der Waals surface area contributed by atoms with Crippen LogP contribution in [0.1, 0.15) is 31.7 Å². The van der Waals surface area contributed by atoms with E-state index in [1.165, 1.54) is 0 Å². The zero-order valence-electron chi connectivity index (χ0n) is 8.86. The summed E-state index contributed by atoms with van der Waals surface area (Å²) >= 11 is 0. The maximum absolute atomic E-state index is 11.1. The summed E-state index contributed by atoms with van der Waals surface area (Å²) in [6.07, 6.45) is 0.513. The topological polar surface area (TPSA) is 46.5 Å². The smallest absolute Gasteiger partial charge is 0.311 e. The van der Waals surface area contributed by atoms with Crippen LogP contribution in [0, 0.1) is 0 Å². The lowest BCUT2D eigenvalue weighted by Gasteiger charge is -2.35. The fourth-order valence-electron chi connectivity index (χ4n) is 2.02. The van der Waals surface area contributed by atoms with Crippen LogP contribution in [0.3, 0.4) is 0 Å². The van der Waals surface area contributed by atoms with E-state index in [1.807, 2.05) is 38.1 Å². The molecule has 0 saturated carbocycles. The summed E-state index contributed by atoms with van der Waals surface area (Å²) in [5, 5.41) is 9.16. The molecule has 1 heterocycles. The molecule has 1 atom stereocenters. The number of aliphatic carboxylic acids is 1. The monoisotopic (exact) mass is 206 g/mol. The van der Waals surface area contributed by atoms with Crippen molar-refractivity contribution < 1.29 is 14.6 Å². The van der Waals surface area contributed by atoms with Crippen LogP contribution in [0.15, 0.2) is 24.3 Å². The second-order valence-electron chi connectivity index (χ2n) is 4.49. The SMILES string of the molecule is CC1(C)C[C@@H](C(=O)O)c2ccccc2O1. The summed E-state index contributed by atoms with van der Waals surface area (Å²) in [6.45, 7) is 3.83. The Morgan fingerprint density at radius 2 is 2.13 bits per heavy atom. The summed E-state index contributed by atoms with van der Waals surface area (Å²) in [5.41, 5.74) is 0.376. The van der Waals surface area contributed by atoms with Crippen molar-refractivity contribution >= 4 is 5.97 Å². The fourth-order valence-corrected chi connectivity index (χ4v) is 2.02. The van der Waals surface area contributed by atoms with Crippen molar-refractivity contribution in [2.24, 2.45) is 0 Å². The predicted octanol–water partition coefficient (Wildman–Crippen LogP) is 2.42. The quantitative estimate of drug-likeness (QED) is 0.767. The lowest BCUT2D eigenvalue weighted by Crippen LogP contribution is -2.37. The number of para-hydroxylation sites is 1. The van der Waals surface area contributed by atoms with Crippen molar-refractivity contribution in [2.75, 3.05) is 0 Å². The maximum atomic E-state index is 11.1. The minimum atomic E-state index is -0.779. The number of ether oxygens (including phenoxy) is 1. The zero-order valence-corrected chi connectivity index (χ0v) is 8.86. The van der Waals surface area contributed by atoms with E-state index in [-0.39, 0.29) is 0 Å². The highest BCUT2D eigenvalue weighted by Gasteiger charge is 2.37. The Morgan fingerprint density at radius 1 is 1.47 bits per heavy atom. The molecule has 1 N–H and O–H groups in total. The summed E-state index contributed by atoms with van der Waals surface area (Å²) in [4.78, 5) is 11.1. The van der Waals surface area contributed by atoms with Gasteiger partial charge in [-0.3, -0.25) is 4.79 Å². The Balaban J connectivity index is 2.47. The Kier molecular flexibility index (Phi) is 2.18. The largest absolute Gasteiger partial charge is 0.488 e. The Morgan fingerprint density at radius 3 is 2.80 bits per heavy atom. The molecule has 80 valence electrons. The van der Waals surface area contributed by atoms with Gasteiger partial charge in [-0.05, 0) is 19.9 Å². The second-order valence-corrected chi connectivity index (χ2v) is 4.49. The summed E-state index contributed by atoms with van der Waals surface area (Å²) < 4.78 is 5.74. The van der Waals surface area contributed by atoms with Crippen molar-refractivity contribution in [3.8, 4) is 5.75 Å². The van der Waals surface area contributed by atoms with Crippen LogP contribution >= 0.6 is 0 Å². The number of rotatable bonds is 1. The highest BCUT2D eigenvalue weighted by atomic mass is 16.5. The van der Waals surface area contributed by atoms with Crippen molar-refractivity contribution in [3.63, 3.8) is 0 Å². The van der Waals surface area contributed by atoms with E-state index in [0.717, 1.165) is 5.56 Å². The van der Waals surface area contributed by atoms with Gasteiger partial charge in [-0.15, -0.1) is 0 Å². The van der Waals surface area contributed by atoms with Gasteiger partial charge in [0.2, 0.25) is 0 Å². The molecule has 0 aliphatic carbocycles. The molecule has 3 nitrogen and oxygen atoms in total. The number of benzene rings is 1. The fraction of sp³-hybridized carbons (Fsp3) is 0.417. The van der Waals surface area contributed by atoms with Gasteiger partial charge in [0.1, 0.15) is 11.4 Å². The number of fused-ring (bicyclic) bond motifs is 1. The van der Waals surface area contributed by atoms with E-state index < -0.39 is 17.5 Å². The highest BCUT2D eigenvalue weighted by Crippen LogP contribution is 2.40. The van der Waals surface area contributed by atoms with Crippen LogP contribution in [0.2, 0.25) is 0 Å². The minimum Gasteiger partial charge on any atom is -0.488 e. The Labute approximate surface area is 88.7 Å². The number of carbonyl (C=O) groups is 1. The van der Waals surface area contributed by atoms with Gasteiger partial charge in [0.15, 0.2) is 0 Å². The van der Waals surface area contributed by atoms with Gasteiger partial charge in [-0.25, -0.2) is 0 Å². The first-order valence-electron chi connectivity index (χ1n) is 5.00. The third-order valence-corrected chi connectivity index (χ3v) is 2.67. The molecule has 1 aliphatic rings. The van der Waals surface area contributed by atoms with Gasteiger partial charge >= 0.3 is 5.97 Å². The number of carboxylic acids is 1. The molecule has 0 fully saturated rings. The Bertz CT molecular complexity index is 396. The third kappa shape index (κ3) is 1.82. The van der Waals surface area contributed by atoms with Crippen LogP contribution in [0.25, 0.3) is 0 Å². The number of hydrogen-bond acceptors (Lipinski definition) is 2. The molecule has 0 aromatic heterocycles. The first-order chi connectivity index (χ1) is 6.99. The van der Waals surface area contributed by atoms with Crippen molar-refractivity contribution in [2.45, 2.75) is 31.8 Å². The molecule has 15 heavy (non-hydrogen) atoms. The molecule has 0 saturated heterocycles. The summed E-state index contributed by atoms with van der Waals surface area (Å²) in [7, 11) is 0. The molecular weight excluding hydrogens is 192 g/mol. The van der Waals surface area contributed by atoms with Gasteiger partial charge in [0, 0.05) is 12.0 Å². The molecule has 1 aliphatic heterocycles. The van der Waals surface area contributed by atoms with E-state index in [0.29, 0.717) is 12.2 Å². The zero-order chi connectivity index (χ0) is 11.1. The third-order valence-electron chi connectivity index (χ3n) is 2.67. The van der Waals surface area contributed by atoms with Crippen molar-refractivity contribution in [1.29, 1.82) is 0 Å². The molecule has 0 amide bonds. The molecule has 0 spiro atoms. The molecule has 1 aromatic carbocycles. The van der Waals surface area contributed by atoms with Crippen LogP contribution in [0.5, 0.6) is 5.75 Å². The number of carboxylic acid groups (broad SMARTS) is 1. The van der Waals surface area contributed by atoms with E-state index in [1.54, 1.807) is 0 Å². The predicted molar refractivity (Wildman–Crippen MR) is 56.1 cm³/mol. The van der Waals surface area contributed by atoms with Crippen LogP contribution in [0.4, 0.5) is 0 Å². The van der Waals surface area contributed by atoms with E-state index in [2.05, 4.69) is 0 Å². The lowest BCUT2D eigenvalue weighted by atomic mass is 9.84. The van der Waals surface area contributed by atoms with E-state index in [9.17, 15) is 4.79 Å². The van der Waals surface area contributed by atoms with Crippen LogP contribution in [-0.2, 0) is 4.79 Å². The second kappa shape index (κ2) is 3.26. The molecular formula is C12H14O3. The molecule has 2 rings (SSSR count). The molecule has 3 heteroatoms. The highest BCUT2D eigenvalue weighted by molar-refractivity contribution is 5.77. The van der Waals surface area contributed by atoms with E-state index >= 15 is 0 Å². The van der Waals surface area contributed by atoms with Gasteiger partial charge < -0.3 is 9.84 Å². The maximum Gasteiger partial charge on any atom is 0.311 e. The molecule has 0 bridgehead atoms. The lowest BCUT2D eigenvalue weighted by molar-refractivity contribution is -0.140. The van der Waals surface area contributed by atoms with Gasteiger partial charge in [0.25, 0.3) is 0 Å². The van der Waals surface area contributed by atoms with Crippen LogP contribution in [-0.4, -0.2) is 16.7 Å². The first-order valence-corrected chi connectivity index (χ1v) is 5.00. The van der Waals surface area contributed by atoms with Gasteiger partial charge in [0.05, 0.1) is 5.92 Å². The normalized spacial score (nSPS) is 22.7. The standard InChI is InChI=1S/C12H14O3/c1-12(2)7-9(11(13)14)8-5-3-4-6-10(8)15-12/h3-6,9H,7H2,1-2H3,(H,13,14)/t9-/m1/s1. The average Bonchev–Trinajstić information content (AvgIpc) is 2.14.